The third-order valence-electron chi connectivity index (χ3n) is 6.30. The second kappa shape index (κ2) is 6.64. The van der Waals surface area contributed by atoms with Crippen LogP contribution in [0.4, 0.5) is 0 Å². The van der Waals surface area contributed by atoms with Crippen molar-refractivity contribution in [2.45, 2.75) is 25.4 Å². The van der Waals surface area contributed by atoms with Crippen LogP contribution in [-0.4, -0.2) is 46.5 Å². The van der Waals surface area contributed by atoms with Crippen LogP contribution < -0.4 is 18.9 Å². The summed E-state index contributed by atoms with van der Waals surface area (Å²) < 4.78 is 23.2. The molecule has 0 unspecified atom stereocenters. The Morgan fingerprint density at radius 2 is 1.26 bits per heavy atom. The van der Waals surface area contributed by atoms with E-state index < -0.39 is 0 Å². The summed E-state index contributed by atoms with van der Waals surface area (Å²) >= 11 is 0. The first kappa shape index (κ1) is 18.0. The molecule has 0 N–H and O–H groups in total. The largest absolute Gasteiger partial charge is 0.493 e. The molecule has 4 rings (SSSR count). The Labute approximate surface area is 161 Å². The Morgan fingerprint density at radius 3 is 1.85 bits per heavy atom. The van der Waals surface area contributed by atoms with Gasteiger partial charge in [0.05, 0.1) is 42.0 Å². The number of methoxy groups -OCH3 is 4. The summed E-state index contributed by atoms with van der Waals surface area (Å²) in [6.07, 6.45) is 2.03. The highest BCUT2D eigenvalue weighted by atomic mass is 16.5. The molecule has 0 spiro atoms. The minimum Gasteiger partial charge on any atom is -0.493 e. The van der Waals surface area contributed by atoms with Gasteiger partial charge in [0, 0.05) is 24.0 Å². The van der Waals surface area contributed by atoms with Crippen LogP contribution >= 0.6 is 0 Å². The molecular formula is C22H28NO4+. The zero-order valence-corrected chi connectivity index (χ0v) is 16.8. The molecule has 0 aliphatic carbocycles. The molecule has 5 heteroatoms. The molecule has 0 fully saturated rings. The number of hydrogen-bond acceptors (Lipinski definition) is 4. The summed E-state index contributed by atoms with van der Waals surface area (Å²) in [5, 5.41) is 0. The van der Waals surface area contributed by atoms with E-state index in [0.29, 0.717) is 6.04 Å². The second-order valence-electron chi connectivity index (χ2n) is 7.71. The van der Waals surface area contributed by atoms with E-state index in [2.05, 4.69) is 31.3 Å². The maximum Gasteiger partial charge on any atom is 0.161 e. The van der Waals surface area contributed by atoms with Gasteiger partial charge in [0.1, 0.15) is 12.6 Å². The van der Waals surface area contributed by atoms with E-state index in [-0.39, 0.29) is 0 Å². The molecule has 0 aromatic heterocycles. The van der Waals surface area contributed by atoms with Crippen molar-refractivity contribution < 1.29 is 23.4 Å². The summed E-state index contributed by atoms with van der Waals surface area (Å²) in [7, 11) is 9.16. The second-order valence-corrected chi connectivity index (χ2v) is 7.71. The van der Waals surface area contributed by atoms with E-state index in [0.717, 1.165) is 53.4 Å². The lowest BCUT2D eigenvalue weighted by Crippen LogP contribution is -2.53. The summed E-state index contributed by atoms with van der Waals surface area (Å²) in [6.45, 7) is 2.11. The molecule has 0 saturated heterocycles. The SMILES string of the molecule is COc1cc2c(cc1OC)C[N@+]1(C)CCc3cc(OC)c(OC)cc3[C@@H]1C2. The van der Waals surface area contributed by atoms with Gasteiger partial charge in [-0.1, -0.05) is 0 Å². The lowest BCUT2D eigenvalue weighted by molar-refractivity contribution is -0.956. The molecule has 2 aromatic rings. The molecule has 0 radical (unpaired) electrons. The lowest BCUT2D eigenvalue weighted by Gasteiger charge is -2.49. The predicted octanol–water partition coefficient (Wildman–Crippen LogP) is 3.52. The number of nitrogens with zero attached hydrogens (tertiary/aromatic N) is 1. The monoisotopic (exact) mass is 370 g/mol. The first-order valence-electron chi connectivity index (χ1n) is 9.35. The van der Waals surface area contributed by atoms with Crippen LogP contribution in [0.15, 0.2) is 24.3 Å². The van der Waals surface area contributed by atoms with Crippen LogP contribution in [0.1, 0.15) is 28.3 Å². The Bertz CT molecular complexity index is 879. The molecule has 2 atom stereocenters. The van der Waals surface area contributed by atoms with E-state index in [1.165, 1.54) is 22.3 Å². The van der Waals surface area contributed by atoms with E-state index in [4.69, 9.17) is 18.9 Å². The normalized spacial score (nSPS) is 22.9. The van der Waals surface area contributed by atoms with Crippen molar-refractivity contribution in [3.63, 3.8) is 0 Å². The molecule has 0 bridgehead atoms. The fourth-order valence-electron chi connectivity index (χ4n) is 4.75. The van der Waals surface area contributed by atoms with E-state index in [1.54, 1.807) is 28.4 Å². The summed E-state index contributed by atoms with van der Waals surface area (Å²) in [5.74, 6) is 3.23. The molecule has 2 heterocycles. The maximum atomic E-state index is 5.58. The van der Waals surface area contributed by atoms with Crippen LogP contribution in [-0.2, 0) is 19.4 Å². The number of hydrogen-bond donors (Lipinski definition) is 0. The fourth-order valence-corrected chi connectivity index (χ4v) is 4.75. The van der Waals surface area contributed by atoms with Gasteiger partial charge in [0.25, 0.3) is 0 Å². The Balaban J connectivity index is 1.80. The van der Waals surface area contributed by atoms with Crippen molar-refractivity contribution in [2.75, 3.05) is 42.0 Å². The quantitative estimate of drug-likeness (QED) is 0.772. The van der Waals surface area contributed by atoms with Gasteiger partial charge in [0.15, 0.2) is 23.0 Å². The van der Waals surface area contributed by atoms with E-state index in [9.17, 15) is 0 Å². The highest BCUT2D eigenvalue weighted by molar-refractivity contribution is 5.51. The molecule has 0 saturated carbocycles. The van der Waals surface area contributed by atoms with Crippen molar-refractivity contribution in [3.05, 3.63) is 46.5 Å². The van der Waals surface area contributed by atoms with Gasteiger partial charge in [-0.05, 0) is 35.4 Å². The number of fused-ring (bicyclic) bond motifs is 4. The van der Waals surface area contributed by atoms with Crippen molar-refractivity contribution in [2.24, 2.45) is 0 Å². The minimum absolute atomic E-state index is 0.402. The number of likely N-dealkylation sites (N-methyl/N-ethyl adjacent to an activating group) is 1. The smallest absolute Gasteiger partial charge is 0.161 e. The highest BCUT2D eigenvalue weighted by Crippen LogP contribution is 2.47. The third kappa shape index (κ3) is 2.81. The summed E-state index contributed by atoms with van der Waals surface area (Å²) in [5.41, 5.74) is 5.45. The Kier molecular flexibility index (Phi) is 4.42. The van der Waals surface area contributed by atoms with E-state index >= 15 is 0 Å². The van der Waals surface area contributed by atoms with Gasteiger partial charge in [-0.2, -0.15) is 0 Å². The standard InChI is InChI=1S/C22H28NO4/c1-23-7-6-14-9-19(24-2)22(27-5)12-17(14)18(23)8-15-10-20(25-3)21(26-4)11-16(15)13-23/h9-12,18H,6-8,13H2,1-5H3/q+1/t18-,23-/m0/s1. The van der Waals surface area contributed by atoms with Gasteiger partial charge >= 0.3 is 0 Å². The average Bonchev–Trinajstić information content (AvgIpc) is 2.69. The van der Waals surface area contributed by atoms with Gasteiger partial charge in [-0.3, -0.25) is 0 Å². The van der Waals surface area contributed by atoms with Crippen molar-refractivity contribution in [3.8, 4) is 23.0 Å². The molecule has 27 heavy (non-hydrogen) atoms. The van der Waals surface area contributed by atoms with Crippen molar-refractivity contribution in [1.82, 2.24) is 0 Å². The van der Waals surface area contributed by atoms with Crippen LogP contribution in [0.25, 0.3) is 0 Å². The summed E-state index contributed by atoms with van der Waals surface area (Å²) in [4.78, 5) is 0. The molecule has 5 nitrogen and oxygen atoms in total. The molecule has 2 aliphatic rings. The van der Waals surface area contributed by atoms with Crippen molar-refractivity contribution in [1.29, 1.82) is 0 Å². The average molecular weight is 370 g/mol. The van der Waals surface area contributed by atoms with Gasteiger partial charge in [-0.15, -0.1) is 0 Å². The third-order valence-corrected chi connectivity index (χ3v) is 6.30. The Morgan fingerprint density at radius 1 is 0.741 bits per heavy atom. The molecule has 2 aromatic carbocycles. The topological polar surface area (TPSA) is 36.9 Å². The molecular weight excluding hydrogens is 342 g/mol. The van der Waals surface area contributed by atoms with Gasteiger partial charge < -0.3 is 23.4 Å². The molecule has 2 aliphatic heterocycles. The maximum absolute atomic E-state index is 5.58. The fraction of sp³-hybridized carbons (Fsp3) is 0.455. The van der Waals surface area contributed by atoms with Crippen molar-refractivity contribution >= 4 is 0 Å². The zero-order valence-electron chi connectivity index (χ0n) is 16.8. The number of quaternary nitrogens is 1. The predicted molar refractivity (Wildman–Crippen MR) is 104 cm³/mol. The first-order valence-corrected chi connectivity index (χ1v) is 9.35. The number of rotatable bonds is 4. The first-order chi connectivity index (χ1) is 13.0. The Hall–Kier alpha value is -2.40. The number of ether oxygens (including phenoxy) is 4. The van der Waals surface area contributed by atoms with Gasteiger partial charge in [0.2, 0.25) is 0 Å². The number of benzene rings is 2. The zero-order chi connectivity index (χ0) is 19.2. The molecule has 144 valence electrons. The van der Waals surface area contributed by atoms with Crippen LogP contribution in [0.5, 0.6) is 23.0 Å². The molecule has 0 amide bonds. The van der Waals surface area contributed by atoms with Crippen LogP contribution in [0.3, 0.4) is 0 Å². The minimum atomic E-state index is 0.402. The summed E-state index contributed by atoms with van der Waals surface area (Å²) in [6, 6.07) is 9.03. The van der Waals surface area contributed by atoms with Gasteiger partial charge in [-0.25, -0.2) is 0 Å². The van der Waals surface area contributed by atoms with E-state index in [1.807, 2.05) is 0 Å². The lowest BCUT2D eigenvalue weighted by atomic mass is 9.81. The van der Waals surface area contributed by atoms with Crippen LogP contribution in [0.2, 0.25) is 0 Å². The van der Waals surface area contributed by atoms with Crippen LogP contribution in [0, 0.1) is 0 Å². The highest BCUT2D eigenvalue weighted by Gasteiger charge is 2.43.